The molecule has 0 aliphatic carbocycles. The monoisotopic (exact) mass is 262 g/mol. The van der Waals surface area contributed by atoms with Gasteiger partial charge in [0, 0.05) is 5.56 Å². The van der Waals surface area contributed by atoms with E-state index in [2.05, 4.69) is 29.2 Å². The minimum Gasteiger partial charge on any atom is -0.310 e. The summed E-state index contributed by atoms with van der Waals surface area (Å²) in [5.74, 6) is 1.20. The zero-order valence-corrected chi connectivity index (χ0v) is 11.3. The smallest absolute Gasteiger partial charge is 0.141 e. The number of rotatable bonds is 6. The van der Waals surface area contributed by atoms with Crippen molar-refractivity contribution in [3.8, 4) is 0 Å². The van der Waals surface area contributed by atoms with E-state index < -0.39 is 0 Å². The highest BCUT2D eigenvalue weighted by Gasteiger charge is 2.07. The quantitative estimate of drug-likeness (QED) is 0.868. The topological polar surface area (TPSA) is 42.7 Å². The summed E-state index contributed by atoms with van der Waals surface area (Å²) in [7, 11) is 0. The maximum atomic E-state index is 13.6. The first kappa shape index (κ1) is 13.7. The highest BCUT2D eigenvalue weighted by Crippen LogP contribution is 2.09. The Morgan fingerprint density at radius 3 is 2.84 bits per heavy atom. The SMILES string of the molecule is CC(C)CNCc1ncnn1Cc1ccccc1F. The summed E-state index contributed by atoms with van der Waals surface area (Å²) in [4.78, 5) is 4.21. The fraction of sp³-hybridized carbons (Fsp3) is 0.429. The van der Waals surface area contributed by atoms with E-state index in [9.17, 15) is 4.39 Å². The molecule has 1 N–H and O–H groups in total. The van der Waals surface area contributed by atoms with E-state index in [-0.39, 0.29) is 5.82 Å². The molecule has 0 amide bonds. The Morgan fingerprint density at radius 1 is 1.32 bits per heavy atom. The van der Waals surface area contributed by atoms with Crippen molar-refractivity contribution in [2.45, 2.75) is 26.9 Å². The first-order valence-electron chi connectivity index (χ1n) is 6.47. The standard InChI is InChI=1S/C14H19FN4/c1-11(2)7-16-8-14-17-10-18-19(14)9-12-5-3-4-6-13(12)15/h3-6,10-11,16H,7-9H2,1-2H3. The summed E-state index contributed by atoms with van der Waals surface area (Å²) in [6.45, 7) is 6.28. The lowest BCUT2D eigenvalue weighted by Gasteiger charge is -2.09. The predicted octanol–water partition coefficient (Wildman–Crippen LogP) is 2.21. The van der Waals surface area contributed by atoms with Gasteiger partial charge in [0.1, 0.15) is 18.0 Å². The lowest BCUT2D eigenvalue weighted by molar-refractivity contribution is 0.518. The van der Waals surface area contributed by atoms with Gasteiger partial charge in [0.25, 0.3) is 0 Å². The van der Waals surface area contributed by atoms with Crippen molar-refractivity contribution in [1.82, 2.24) is 20.1 Å². The third-order valence-electron chi connectivity index (χ3n) is 2.81. The largest absolute Gasteiger partial charge is 0.310 e. The molecular weight excluding hydrogens is 243 g/mol. The molecular formula is C14H19FN4. The molecule has 0 bridgehead atoms. The molecule has 1 heterocycles. The predicted molar refractivity (Wildman–Crippen MR) is 72.1 cm³/mol. The molecule has 0 aliphatic heterocycles. The molecule has 0 radical (unpaired) electrons. The molecule has 2 aromatic rings. The molecule has 0 atom stereocenters. The highest BCUT2D eigenvalue weighted by atomic mass is 19.1. The van der Waals surface area contributed by atoms with Gasteiger partial charge in [0.15, 0.2) is 0 Å². The Balaban J connectivity index is 2.01. The van der Waals surface area contributed by atoms with E-state index in [1.54, 1.807) is 16.8 Å². The maximum Gasteiger partial charge on any atom is 0.141 e. The summed E-state index contributed by atoms with van der Waals surface area (Å²) in [6, 6.07) is 6.74. The first-order chi connectivity index (χ1) is 9.16. The summed E-state index contributed by atoms with van der Waals surface area (Å²) >= 11 is 0. The van der Waals surface area contributed by atoms with Crippen LogP contribution in [0.25, 0.3) is 0 Å². The molecule has 4 nitrogen and oxygen atoms in total. The van der Waals surface area contributed by atoms with Crippen LogP contribution in [0.15, 0.2) is 30.6 Å². The van der Waals surface area contributed by atoms with Crippen LogP contribution in [0.2, 0.25) is 0 Å². The molecule has 2 rings (SSSR count). The number of benzene rings is 1. The van der Waals surface area contributed by atoms with Gasteiger partial charge < -0.3 is 5.32 Å². The van der Waals surface area contributed by atoms with Crippen LogP contribution in [0.5, 0.6) is 0 Å². The summed E-state index contributed by atoms with van der Waals surface area (Å²) < 4.78 is 15.3. The van der Waals surface area contributed by atoms with Gasteiger partial charge in [-0.2, -0.15) is 5.10 Å². The molecule has 0 aliphatic rings. The summed E-state index contributed by atoms with van der Waals surface area (Å²) in [6.07, 6.45) is 1.51. The van der Waals surface area contributed by atoms with Crippen molar-refractivity contribution >= 4 is 0 Å². The van der Waals surface area contributed by atoms with E-state index in [1.807, 2.05) is 6.07 Å². The third kappa shape index (κ3) is 3.86. The Labute approximate surface area is 112 Å². The molecule has 0 fully saturated rings. The molecule has 0 saturated carbocycles. The molecule has 102 valence electrons. The molecule has 0 spiro atoms. The Morgan fingerprint density at radius 2 is 2.11 bits per heavy atom. The van der Waals surface area contributed by atoms with Crippen LogP contribution in [-0.4, -0.2) is 21.3 Å². The molecule has 0 unspecified atom stereocenters. The van der Waals surface area contributed by atoms with Crippen molar-refractivity contribution in [2.24, 2.45) is 5.92 Å². The number of nitrogens with one attached hydrogen (secondary N) is 1. The second-order valence-electron chi connectivity index (χ2n) is 4.95. The van der Waals surface area contributed by atoms with Crippen LogP contribution < -0.4 is 5.32 Å². The molecule has 1 aromatic heterocycles. The first-order valence-corrected chi connectivity index (χ1v) is 6.47. The molecule has 5 heteroatoms. The van der Waals surface area contributed by atoms with E-state index in [0.717, 1.165) is 12.4 Å². The van der Waals surface area contributed by atoms with Crippen LogP contribution in [0.3, 0.4) is 0 Å². The van der Waals surface area contributed by atoms with E-state index in [4.69, 9.17) is 0 Å². The minimum atomic E-state index is -0.209. The Kier molecular flexibility index (Phi) is 4.63. The van der Waals surface area contributed by atoms with Gasteiger partial charge in [-0.05, 0) is 18.5 Å². The average Bonchev–Trinajstić information content (AvgIpc) is 2.79. The van der Waals surface area contributed by atoms with Crippen LogP contribution in [0.1, 0.15) is 25.2 Å². The highest BCUT2D eigenvalue weighted by molar-refractivity contribution is 5.17. The lowest BCUT2D eigenvalue weighted by atomic mass is 10.2. The number of hydrogen-bond acceptors (Lipinski definition) is 3. The number of aromatic nitrogens is 3. The Bertz CT molecular complexity index is 522. The fourth-order valence-corrected chi connectivity index (χ4v) is 1.82. The molecule has 0 saturated heterocycles. The van der Waals surface area contributed by atoms with Gasteiger partial charge in [-0.25, -0.2) is 14.1 Å². The van der Waals surface area contributed by atoms with Crippen molar-refractivity contribution in [2.75, 3.05) is 6.54 Å². The zero-order chi connectivity index (χ0) is 13.7. The average molecular weight is 262 g/mol. The van der Waals surface area contributed by atoms with Crippen LogP contribution in [0, 0.1) is 11.7 Å². The van der Waals surface area contributed by atoms with Gasteiger partial charge in [-0.15, -0.1) is 0 Å². The van der Waals surface area contributed by atoms with Crippen molar-refractivity contribution in [3.63, 3.8) is 0 Å². The number of nitrogens with zero attached hydrogens (tertiary/aromatic N) is 3. The Hall–Kier alpha value is -1.75. The third-order valence-corrected chi connectivity index (χ3v) is 2.81. The minimum absolute atomic E-state index is 0.209. The van der Waals surface area contributed by atoms with E-state index in [1.165, 1.54) is 12.4 Å². The second-order valence-corrected chi connectivity index (χ2v) is 4.95. The zero-order valence-electron chi connectivity index (χ0n) is 11.3. The molecule has 1 aromatic carbocycles. The van der Waals surface area contributed by atoms with Gasteiger partial charge >= 0.3 is 0 Å². The number of hydrogen-bond donors (Lipinski definition) is 1. The normalized spacial score (nSPS) is 11.2. The summed E-state index contributed by atoms with van der Waals surface area (Å²) in [5, 5.41) is 7.46. The van der Waals surface area contributed by atoms with Gasteiger partial charge in [-0.3, -0.25) is 0 Å². The van der Waals surface area contributed by atoms with Crippen molar-refractivity contribution < 1.29 is 4.39 Å². The van der Waals surface area contributed by atoms with E-state index >= 15 is 0 Å². The van der Waals surface area contributed by atoms with Gasteiger partial charge in [0.2, 0.25) is 0 Å². The maximum absolute atomic E-state index is 13.6. The van der Waals surface area contributed by atoms with Crippen LogP contribution >= 0.6 is 0 Å². The lowest BCUT2D eigenvalue weighted by Crippen LogP contribution is -2.22. The number of halogens is 1. The fourth-order valence-electron chi connectivity index (χ4n) is 1.82. The molecule has 19 heavy (non-hydrogen) atoms. The second kappa shape index (κ2) is 6.43. The summed E-state index contributed by atoms with van der Waals surface area (Å²) in [5.41, 5.74) is 0.623. The van der Waals surface area contributed by atoms with Crippen LogP contribution in [-0.2, 0) is 13.1 Å². The van der Waals surface area contributed by atoms with Crippen molar-refractivity contribution in [1.29, 1.82) is 0 Å². The van der Waals surface area contributed by atoms with Gasteiger partial charge in [0.05, 0.1) is 13.1 Å². The van der Waals surface area contributed by atoms with Gasteiger partial charge in [-0.1, -0.05) is 32.0 Å². The van der Waals surface area contributed by atoms with E-state index in [0.29, 0.717) is 24.6 Å². The van der Waals surface area contributed by atoms with Crippen LogP contribution in [0.4, 0.5) is 4.39 Å². The van der Waals surface area contributed by atoms with Crippen molar-refractivity contribution in [3.05, 3.63) is 47.8 Å².